The number of halogens is 2. The normalized spacial score (nSPS) is 18.9. The number of hydrogen-bond donors (Lipinski definition) is 5. The highest BCUT2D eigenvalue weighted by Crippen LogP contribution is 2.38. The first-order valence-corrected chi connectivity index (χ1v) is 18.2. The number of carbonyl (C=O) groups is 2. The molecule has 14 nitrogen and oxygen atoms in total. The van der Waals surface area contributed by atoms with Gasteiger partial charge in [0.05, 0.1) is 11.6 Å². The molecule has 3 aromatic carbocycles. The number of fused-ring (bicyclic) bond motifs is 1. The lowest BCUT2D eigenvalue weighted by Crippen LogP contribution is -2.49. The predicted molar refractivity (Wildman–Crippen MR) is 198 cm³/mol. The Bertz CT molecular complexity index is 2050. The van der Waals surface area contributed by atoms with Crippen molar-refractivity contribution >= 4 is 40.1 Å². The number of hydrogen-bond acceptors (Lipinski definition) is 12. The second-order valence-electron chi connectivity index (χ2n) is 13.7. The summed E-state index contributed by atoms with van der Waals surface area (Å²) in [5.41, 5.74) is 0.794. The zero-order valence-electron chi connectivity index (χ0n) is 29.8. The van der Waals surface area contributed by atoms with E-state index in [9.17, 15) is 34.4 Å². The summed E-state index contributed by atoms with van der Waals surface area (Å²) in [4.78, 5) is 25.1. The van der Waals surface area contributed by atoms with E-state index in [-0.39, 0.29) is 55.6 Å². The summed E-state index contributed by atoms with van der Waals surface area (Å²) in [5.74, 6) is -2.21. The molecule has 1 saturated heterocycles. The molecule has 0 spiro atoms. The van der Waals surface area contributed by atoms with Crippen LogP contribution < -0.4 is 14.8 Å². The van der Waals surface area contributed by atoms with Crippen LogP contribution in [0.2, 0.25) is 5.02 Å². The van der Waals surface area contributed by atoms with Crippen LogP contribution in [0.3, 0.4) is 0 Å². The zero-order valence-corrected chi connectivity index (χ0v) is 30.6. The van der Waals surface area contributed by atoms with E-state index < -0.39 is 35.8 Å². The molecular formula is C39H42ClFN4O10. The Morgan fingerprint density at radius 3 is 2.56 bits per heavy atom. The highest BCUT2D eigenvalue weighted by molar-refractivity contribution is 6.32. The second-order valence-corrected chi connectivity index (χ2v) is 14.1. The van der Waals surface area contributed by atoms with Gasteiger partial charge in [-0.2, -0.15) is 0 Å². The third-order valence-electron chi connectivity index (χ3n) is 9.82. The molecular weight excluding hydrogens is 739 g/mol. The van der Waals surface area contributed by atoms with Crippen molar-refractivity contribution in [3.63, 3.8) is 0 Å². The Hall–Kier alpha value is -4.90. The summed E-state index contributed by atoms with van der Waals surface area (Å²) in [6, 6.07) is 13.8. The number of nitrogens with zero attached hydrogens (tertiary/aromatic N) is 3. The number of aliphatic hydroxyl groups is 2. The largest absolute Gasteiger partial charge is 0.489 e. The molecule has 6 rings (SSSR count). The van der Waals surface area contributed by atoms with Gasteiger partial charge >= 0.3 is 11.9 Å². The van der Waals surface area contributed by atoms with Crippen LogP contribution in [0.25, 0.3) is 16.6 Å². The molecule has 0 amide bonds. The molecule has 1 unspecified atom stereocenters. The van der Waals surface area contributed by atoms with Crippen molar-refractivity contribution in [2.45, 2.75) is 56.1 Å². The molecule has 16 heteroatoms. The minimum absolute atomic E-state index is 0.00169. The molecule has 0 radical (unpaired) electrons. The van der Waals surface area contributed by atoms with E-state index in [1.165, 1.54) is 6.07 Å². The maximum Gasteiger partial charge on any atom is 0.335 e. The van der Waals surface area contributed by atoms with Gasteiger partial charge in [-0.15, -0.1) is 0 Å². The van der Waals surface area contributed by atoms with Gasteiger partial charge in [0.2, 0.25) is 0 Å². The molecule has 5 N–H and O–H groups in total. The van der Waals surface area contributed by atoms with Gasteiger partial charge in [-0.25, -0.2) is 13.8 Å². The van der Waals surface area contributed by atoms with Crippen LogP contribution >= 0.6 is 11.6 Å². The molecule has 4 aromatic rings. The molecule has 1 fully saturated rings. The van der Waals surface area contributed by atoms with E-state index in [0.29, 0.717) is 66.1 Å². The number of aliphatic carboxylic acids is 2. The summed E-state index contributed by atoms with van der Waals surface area (Å²) in [5, 5.41) is 49.4. The molecule has 0 bridgehead atoms. The summed E-state index contributed by atoms with van der Waals surface area (Å²) in [7, 11) is 0. The minimum Gasteiger partial charge on any atom is -0.489 e. The number of benzene rings is 3. The van der Waals surface area contributed by atoms with Crippen LogP contribution in [-0.4, -0.2) is 104 Å². The Kier molecular flexibility index (Phi) is 12.8. The fraction of sp³-hybridized carbons (Fsp3) is 0.385. The highest BCUT2D eigenvalue weighted by Gasteiger charge is 2.39. The number of ether oxygens (including phenoxy) is 3. The Labute approximate surface area is 320 Å². The third kappa shape index (κ3) is 9.86. The molecule has 55 heavy (non-hydrogen) atoms. The Morgan fingerprint density at radius 2 is 1.82 bits per heavy atom. The maximum atomic E-state index is 15.0. The van der Waals surface area contributed by atoms with Crippen molar-refractivity contribution in [3.05, 3.63) is 100 Å². The van der Waals surface area contributed by atoms with Gasteiger partial charge in [0, 0.05) is 56.4 Å². The second kappa shape index (κ2) is 17.7. The number of rotatable bonds is 18. The maximum absolute atomic E-state index is 15.0. The average Bonchev–Trinajstić information content (AvgIpc) is 3.65. The monoisotopic (exact) mass is 780 g/mol. The van der Waals surface area contributed by atoms with Gasteiger partial charge in [-0.05, 0) is 71.1 Å². The minimum atomic E-state index is -1.71. The van der Waals surface area contributed by atoms with Crippen LogP contribution in [0, 0.1) is 5.82 Å². The van der Waals surface area contributed by atoms with Gasteiger partial charge in [-0.1, -0.05) is 48.0 Å². The van der Waals surface area contributed by atoms with Crippen LogP contribution in [0.15, 0.2) is 77.5 Å². The third-order valence-corrected chi connectivity index (χ3v) is 10.1. The first kappa shape index (κ1) is 39.8. The topological polar surface area (TPSA) is 197 Å². The molecule has 0 saturated carbocycles. The molecule has 1 aromatic heterocycles. The van der Waals surface area contributed by atoms with Gasteiger partial charge in [-0.3, -0.25) is 10.1 Å². The number of aliphatic hydroxyl groups excluding tert-OH is 1. The van der Waals surface area contributed by atoms with Crippen LogP contribution in [-0.2, 0) is 27.5 Å². The highest BCUT2D eigenvalue weighted by atomic mass is 35.5. The van der Waals surface area contributed by atoms with E-state index in [2.05, 4.69) is 20.5 Å². The fourth-order valence-corrected chi connectivity index (χ4v) is 6.79. The van der Waals surface area contributed by atoms with Gasteiger partial charge in [0.25, 0.3) is 0 Å². The van der Waals surface area contributed by atoms with Crippen molar-refractivity contribution in [2.24, 2.45) is 0 Å². The van der Waals surface area contributed by atoms with E-state index in [1.807, 2.05) is 18.2 Å². The predicted octanol–water partition coefficient (Wildman–Crippen LogP) is 4.61. The first-order chi connectivity index (χ1) is 26.5. The van der Waals surface area contributed by atoms with E-state index in [1.54, 1.807) is 48.5 Å². The van der Waals surface area contributed by atoms with Crippen molar-refractivity contribution in [1.82, 2.24) is 20.5 Å². The van der Waals surface area contributed by atoms with Crippen molar-refractivity contribution < 1.29 is 53.2 Å². The molecule has 1 aliphatic heterocycles. The first-order valence-electron chi connectivity index (χ1n) is 17.8. The van der Waals surface area contributed by atoms with Gasteiger partial charge in [0.15, 0.2) is 5.60 Å². The fourth-order valence-electron chi connectivity index (χ4n) is 6.55. The molecule has 2 atom stereocenters. The van der Waals surface area contributed by atoms with Crippen molar-refractivity contribution in [1.29, 1.82) is 0 Å². The summed E-state index contributed by atoms with van der Waals surface area (Å²) >= 11 is 6.76. The molecule has 2 aliphatic rings. The van der Waals surface area contributed by atoms with E-state index in [0.717, 1.165) is 5.56 Å². The van der Waals surface area contributed by atoms with Gasteiger partial charge < -0.3 is 39.5 Å². The lowest BCUT2D eigenvalue weighted by atomic mass is 9.86. The Balaban J connectivity index is 1.20. The number of nitrogens with one attached hydrogen (secondary N) is 1. The summed E-state index contributed by atoms with van der Waals surface area (Å²) in [6.07, 6.45) is 6.65. The lowest BCUT2D eigenvalue weighted by Gasteiger charge is -2.36. The number of carboxylic acids is 2. The van der Waals surface area contributed by atoms with E-state index >= 15 is 0 Å². The summed E-state index contributed by atoms with van der Waals surface area (Å²) < 4.78 is 38.9. The standard InChI is InChI=1S/C39H42ClFN4O10/c40-29-18-27(21-42-33(22-46)36(47)48)34(52-23-25-8-9-31-32(17-25)44-55-43-31)19-35(29)53-24-38(10-3-5-26(20-38)28-6-1-2-7-30(28)41)54-16-4-13-45-14-11-39(51,12-15-45)37(49)50/h1-3,5-10,17-19,33,42,46,51H,4,11-16,20-24H2,(H,47,48)(H,49,50)/t33?,38-/m0/s1. The lowest BCUT2D eigenvalue weighted by molar-refractivity contribution is -0.163. The van der Waals surface area contributed by atoms with Crippen LogP contribution in [0.4, 0.5) is 4.39 Å². The number of carboxylic acid groups (broad SMARTS) is 2. The molecule has 2 heterocycles. The quantitative estimate of drug-likeness (QED) is 0.0878. The van der Waals surface area contributed by atoms with Crippen molar-refractivity contribution in [3.8, 4) is 11.5 Å². The van der Waals surface area contributed by atoms with E-state index in [4.69, 9.17) is 30.4 Å². The smallest absolute Gasteiger partial charge is 0.335 e. The molecule has 1 aliphatic carbocycles. The zero-order chi connectivity index (χ0) is 39.0. The van der Waals surface area contributed by atoms with Crippen molar-refractivity contribution in [2.75, 3.05) is 39.5 Å². The number of likely N-dealkylation sites (tertiary alicyclic amines) is 1. The Morgan fingerprint density at radius 1 is 1.04 bits per heavy atom. The number of piperidine rings is 1. The average molecular weight is 781 g/mol. The van der Waals surface area contributed by atoms with Crippen LogP contribution in [0.5, 0.6) is 11.5 Å². The van der Waals surface area contributed by atoms with Crippen LogP contribution in [0.1, 0.15) is 42.4 Å². The molecule has 292 valence electrons. The number of aromatic nitrogens is 2. The summed E-state index contributed by atoms with van der Waals surface area (Å²) in [6.45, 7) is 1.24. The number of allylic oxidation sites excluding steroid dienone is 2. The SMILES string of the molecule is O=C(O)C(CO)NCc1cc(Cl)c(OC[C@]2(OCCCN3CCC(O)(C(=O)O)CC3)C=CC=C(c3ccccc3F)C2)cc1OCc1ccc2nonc2c1. The van der Waals surface area contributed by atoms with Gasteiger partial charge in [0.1, 0.15) is 53.2 Å².